The fourth-order valence-electron chi connectivity index (χ4n) is 1.11. The van der Waals surface area contributed by atoms with Crippen molar-refractivity contribution in [3.63, 3.8) is 0 Å². The lowest BCUT2D eigenvalue weighted by Crippen LogP contribution is -2.24. The number of pyridine rings is 1. The lowest BCUT2D eigenvalue weighted by Gasteiger charge is -2.04. The van der Waals surface area contributed by atoms with Gasteiger partial charge in [0.05, 0.1) is 0 Å². The van der Waals surface area contributed by atoms with Gasteiger partial charge in [-0.1, -0.05) is 0 Å². The van der Waals surface area contributed by atoms with E-state index in [1.165, 1.54) is 0 Å². The third kappa shape index (κ3) is 4.90. The fraction of sp³-hybridized carbons (Fsp3) is 0.400. The van der Waals surface area contributed by atoms with Crippen LogP contribution in [0, 0.1) is 0 Å². The molecule has 0 aromatic carbocycles. The summed E-state index contributed by atoms with van der Waals surface area (Å²) in [5.41, 5.74) is 1.10. The molecule has 1 rings (SSSR count). The van der Waals surface area contributed by atoms with Gasteiger partial charge in [0, 0.05) is 43.4 Å². The van der Waals surface area contributed by atoms with Crippen molar-refractivity contribution in [1.29, 1.82) is 0 Å². The zero-order chi connectivity index (χ0) is 11.1. The van der Waals surface area contributed by atoms with Gasteiger partial charge >= 0.3 is 0 Å². The lowest BCUT2D eigenvalue weighted by atomic mass is 10.3. The number of rotatable bonds is 5. The molecule has 1 aromatic heterocycles. The van der Waals surface area contributed by atoms with Crippen LogP contribution in [-0.4, -0.2) is 24.5 Å². The summed E-state index contributed by atoms with van der Waals surface area (Å²) >= 11 is 3.35. The Hall–Kier alpha value is -0.940. The molecule has 1 heterocycles. The molecule has 1 aromatic rings. The van der Waals surface area contributed by atoms with E-state index >= 15 is 0 Å². The van der Waals surface area contributed by atoms with Gasteiger partial charge in [-0.3, -0.25) is 9.78 Å². The highest BCUT2D eigenvalue weighted by Crippen LogP contribution is 2.08. The summed E-state index contributed by atoms with van der Waals surface area (Å²) in [6.07, 6.45) is 4.05. The zero-order valence-electron chi connectivity index (χ0n) is 8.59. The van der Waals surface area contributed by atoms with Gasteiger partial charge in [0.15, 0.2) is 0 Å². The van der Waals surface area contributed by atoms with Gasteiger partial charge in [0.2, 0.25) is 5.91 Å². The molecule has 0 saturated carbocycles. The summed E-state index contributed by atoms with van der Waals surface area (Å²) in [7, 11) is 1.64. The van der Waals surface area contributed by atoms with Crippen molar-refractivity contribution in [3.8, 4) is 0 Å². The van der Waals surface area contributed by atoms with Crippen molar-refractivity contribution in [1.82, 2.24) is 15.6 Å². The molecule has 0 saturated heterocycles. The van der Waals surface area contributed by atoms with Crippen LogP contribution in [0.2, 0.25) is 0 Å². The Labute approximate surface area is 97.6 Å². The van der Waals surface area contributed by atoms with E-state index in [0.717, 1.165) is 16.6 Å². The summed E-state index contributed by atoms with van der Waals surface area (Å²) in [5, 5.41) is 5.75. The molecule has 5 heteroatoms. The van der Waals surface area contributed by atoms with Crippen LogP contribution in [0.3, 0.4) is 0 Å². The van der Waals surface area contributed by atoms with E-state index in [1.54, 1.807) is 19.4 Å². The minimum atomic E-state index is 0.0508. The Bertz CT molecular complexity index is 330. The number of carbonyl (C=O) groups excluding carboxylic acids is 1. The van der Waals surface area contributed by atoms with Crippen molar-refractivity contribution in [2.24, 2.45) is 0 Å². The fourth-order valence-corrected chi connectivity index (χ4v) is 1.52. The molecule has 0 atom stereocenters. The maximum Gasteiger partial charge on any atom is 0.221 e. The van der Waals surface area contributed by atoms with Gasteiger partial charge in [0.1, 0.15) is 0 Å². The third-order valence-corrected chi connectivity index (χ3v) is 2.33. The molecule has 4 nitrogen and oxygen atoms in total. The van der Waals surface area contributed by atoms with Crippen LogP contribution in [0.4, 0.5) is 0 Å². The number of amides is 1. The van der Waals surface area contributed by atoms with Gasteiger partial charge in [0.25, 0.3) is 0 Å². The first-order chi connectivity index (χ1) is 7.22. The van der Waals surface area contributed by atoms with Gasteiger partial charge in [-0.25, -0.2) is 0 Å². The Morgan fingerprint density at radius 1 is 1.53 bits per heavy atom. The zero-order valence-corrected chi connectivity index (χ0v) is 10.2. The molecular weight excluding hydrogens is 258 g/mol. The molecule has 0 spiro atoms. The molecule has 2 N–H and O–H groups in total. The molecule has 15 heavy (non-hydrogen) atoms. The Balaban J connectivity index is 2.23. The predicted molar refractivity (Wildman–Crippen MR) is 62.3 cm³/mol. The second-order valence-corrected chi connectivity index (χ2v) is 4.03. The molecule has 0 unspecified atom stereocenters. The first kappa shape index (κ1) is 12.1. The Kier molecular flexibility index (Phi) is 5.28. The van der Waals surface area contributed by atoms with Gasteiger partial charge < -0.3 is 10.6 Å². The second-order valence-electron chi connectivity index (χ2n) is 3.11. The summed E-state index contributed by atoms with van der Waals surface area (Å²) < 4.78 is 0.966. The van der Waals surface area contributed by atoms with Crippen molar-refractivity contribution < 1.29 is 4.79 Å². The van der Waals surface area contributed by atoms with Crippen molar-refractivity contribution in [3.05, 3.63) is 28.5 Å². The molecule has 1 amide bonds. The van der Waals surface area contributed by atoms with Crippen molar-refractivity contribution in [2.75, 3.05) is 13.6 Å². The normalized spacial score (nSPS) is 10.0. The Morgan fingerprint density at radius 3 is 3.00 bits per heavy atom. The minimum Gasteiger partial charge on any atom is -0.359 e. The number of aromatic nitrogens is 1. The minimum absolute atomic E-state index is 0.0508. The Morgan fingerprint density at radius 2 is 2.33 bits per heavy atom. The monoisotopic (exact) mass is 271 g/mol. The molecule has 0 aliphatic rings. The van der Waals surface area contributed by atoms with E-state index in [-0.39, 0.29) is 5.91 Å². The van der Waals surface area contributed by atoms with Crippen LogP contribution < -0.4 is 10.6 Å². The van der Waals surface area contributed by atoms with Crippen molar-refractivity contribution >= 4 is 21.8 Å². The van der Waals surface area contributed by atoms with Gasteiger partial charge in [-0.15, -0.1) is 0 Å². The van der Waals surface area contributed by atoms with E-state index in [0.29, 0.717) is 13.0 Å². The SMILES string of the molecule is CNC(=O)CCNCc1cncc(Br)c1. The summed E-state index contributed by atoms with van der Waals surface area (Å²) in [4.78, 5) is 15.0. The second kappa shape index (κ2) is 6.53. The third-order valence-electron chi connectivity index (χ3n) is 1.90. The highest BCUT2D eigenvalue weighted by molar-refractivity contribution is 9.10. The molecule has 0 aliphatic carbocycles. The first-order valence-corrected chi connectivity index (χ1v) is 5.52. The molecule has 82 valence electrons. The van der Waals surface area contributed by atoms with Crippen LogP contribution >= 0.6 is 15.9 Å². The maximum absolute atomic E-state index is 10.9. The van der Waals surface area contributed by atoms with Crippen LogP contribution in [0.15, 0.2) is 22.9 Å². The van der Waals surface area contributed by atoms with E-state index in [1.807, 2.05) is 6.07 Å². The summed E-state index contributed by atoms with van der Waals surface area (Å²) in [6.45, 7) is 1.40. The quantitative estimate of drug-likeness (QED) is 0.788. The van der Waals surface area contributed by atoms with Crippen LogP contribution in [0.5, 0.6) is 0 Å². The predicted octanol–water partition coefficient (Wildman–Crippen LogP) is 1.07. The van der Waals surface area contributed by atoms with Crippen LogP contribution in [0.1, 0.15) is 12.0 Å². The number of halogens is 1. The molecule has 0 radical (unpaired) electrons. The molecule has 0 aliphatic heterocycles. The van der Waals surface area contributed by atoms with Crippen molar-refractivity contribution in [2.45, 2.75) is 13.0 Å². The lowest BCUT2D eigenvalue weighted by molar-refractivity contribution is -0.120. The number of hydrogen-bond donors (Lipinski definition) is 2. The van der Waals surface area contributed by atoms with Gasteiger partial charge in [-0.05, 0) is 27.6 Å². The average molecular weight is 272 g/mol. The topological polar surface area (TPSA) is 54.0 Å². The standard InChI is InChI=1S/C10H14BrN3O/c1-12-10(15)2-3-13-5-8-4-9(11)7-14-6-8/h4,6-7,13H,2-3,5H2,1H3,(H,12,15). The van der Waals surface area contributed by atoms with E-state index < -0.39 is 0 Å². The number of nitrogens with zero attached hydrogens (tertiary/aromatic N) is 1. The first-order valence-electron chi connectivity index (χ1n) is 4.73. The maximum atomic E-state index is 10.9. The molecule has 0 fully saturated rings. The van der Waals surface area contributed by atoms with Crippen LogP contribution in [0.25, 0.3) is 0 Å². The smallest absolute Gasteiger partial charge is 0.221 e. The number of nitrogens with one attached hydrogen (secondary N) is 2. The van der Waals surface area contributed by atoms with Gasteiger partial charge in [-0.2, -0.15) is 0 Å². The highest BCUT2D eigenvalue weighted by Gasteiger charge is 1.97. The number of hydrogen-bond acceptors (Lipinski definition) is 3. The number of carbonyl (C=O) groups is 1. The largest absolute Gasteiger partial charge is 0.359 e. The van der Waals surface area contributed by atoms with E-state index in [9.17, 15) is 4.79 Å². The van der Waals surface area contributed by atoms with E-state index in [2.05, 4.69) is 31.5 Å². The highest BCUT2D eigenvalue weighted by atomic mass is 79.9. The molecular formula is C10H14BrN3O. The molecule has 0 bridgehead atoms. The summed E-state index contributed by atoms with van der Waals surface area (Å²) in [6, 6.07) is 2.00. The van der Waals surface area contributed by atoms with E-state index in [4.69, 9.17) is 0 Å². The summed E-state index contributed by atoms with van der Waals surface area (Å²) in [5.74, 6) is 0.0508. The van der Waals surface area contributed by atoms with Crippen LogP contribution in [-0.2, 0) is 11.3 Å². The average Bonchev–Trinajstić information content (AvgIpc) is 2.24.